The number of H-pyrrole nitrogens is 4. The summed E-state index contributed by atoms with van der Waals surface area (Å²) in [6.07, 6.45) is 17.3. The maximum Gasteiger partial charge on any atom is 0.228 e. The van der Waals surface area contributed by atoms with Crippen LogP contribution in [0.15, 0.2) is 200 Å². The molecule has 15 aromatic rings. The molecule has 9 N–H and O–H groups in total. The fourth-order valence-corrected chi connectivity index (χ4v) is 16.2. The highest BCUT2D eigenvalue weighted by molar-refractivity contribution is 5.95. The van der Waals surface area contributed by atoms with Gasteiger partial charge in [0.05, 0.1) is 27.7 Å². The molecule has 23 rings (SSSR count). The molecule has 4 saturated carbocycles. The number of hydrogen-bond acceptors (Lipinski definition) is 21. The summed E-state index contributed by atoms with van der Waals surface area (Å²) in [5.74, 6) is 12.0. The minimum Gasteiger partial charge on any atom is -0.385 e. The number of hydrogen-bond donors (Lipinski definition) is 9. The van der Waals surface area contributed by atoms with Gasteiger partial charge in [-0.2, -0.15) is 40.3 Å². The summed E-state index contributed by atoms with van der Waals surface area (Å²) in [5, 5.41) is 59.2. The highest BCUT2D eigenvalue weighted by atomic mass is 16.3. The largest absolute Gasteiger partial charge is 0.385 e. The molecule has 4 aliphatic carbocycles. The Morgan fingerprint density at radius 2 is 0.609 bits per heavy atom. The van der Waals surface area contributed by atoms with E-state index in [0.29, 0.717) is 55.6 Å². The molecule has 25 nitrogen and oxygen atoms in total. The number of nitrogens with zero attached hydrogens (tertiary/aromatic N) is 16. The van der Waals surface area contributed by atoms with Crippen molar-refractivity contribution >= 4 is 114 Å². The van der Waals surface area contributed by atoms with Gasteiger partial charge in [-0.1, -0.05) is 140 Å². The van der Waals surface area contributed by atoms with E-state index in [2.05, 4.69) is 179 Å². The van der Waals surface area contributed by atoms with Crippen LogP contribution in [0.3, 0.4) is 0 Å². The van der Waals surface area contributed by atoms with Gasteiger partial charge in [0, 0.05) is 145 Å². The maximum absolute atomic E-state index is 11.2. The van der Waals surface area contributed by atoms with Crippen LogP contribution < -0.4 is 40.9 Å². The molecule has 0 bridgehead atoms. The van der Waals surface area contributed by atoms with Crippen LogP contribution in [0.4, 0.5) is 70.3 Å². The molecule has 2 saturated heterocycles. The van der Waals surface area contributed by atoms with E-state index in [1.54, 1.807) is 0 Å². The smallest absolute Gasteiger partial charge is 0.228 e. The van der Waals surface area contributed by atoms with Crippen LogP contribution in [-0.4, -0.2) is 118 Å². The van der Waals surface area contributed by atoms with Crippen molar-refractivity contribution in [3.8, 4) is 0 Å². The van der Waals surface area contributed by atoms with Crippen LogP contribution in [0.2, 0.25) is 0 Å². The van der Waals surface area contributed by atoms with Gasteiger partial charge in [-0.3, -0.25) is 20.4 Å². The number of piperidine rings is 1. The fraction of sp³-hybridized carbons (Fsp3) is 0.311. The Morgan fingerprint density at radius 3 is 0.983 bits per heavy atom. The lowest BCUT2D eigenvalue weighted by Gasteiger charge is -2.38. The average molecular weight is 1530 g/mol. The summed E-state index contributed by atoms with van der Waals surface area (Å²) in [7, 11) is 0. The number of fused-ring (bicyclic) bond motifs is 6. The summed E-state index contributed by atoms with van der Waals surface area (Å²) in [5.41, 5.74) is 14.2. The van der Waals surface area contributed by atoms with E-state index < -0.39 is 5.60 Å². The van der Waals surface area contributed by atoms with Crippen LogP contribution >= 0.6 is 0 Å². The van der Waals surface area contributed by atoms with Crippen LogP contribution in [-0.2, 0) is 31.7 Å². The Kier molecular flexibility index (Phi) is 19.3. The molecule has 4 aliphatic heterocycles. The van der Waals surface area contributed by atoms with Gasteiger partial charge < -0.3 is 46.0 Å². The molecule has 0 atom stereocenters. The van der Waals surface area contributed by atoms with Crippen molar-refractivity contribution in [1.29, 1.82) is 0 Å². The first-order valence-corrected chi connectivity index (χ1v) is 41.0. The summed E-state index contributed by atoms with van der Waals surface area (Å²) in [4.78, 5) is 47.9. The van der Waals surface area contributed by atoms with Crippen LogP contribution in [0.5, 0.6) is 0 Å². The van der Waals surface area contributed by atoms with Crippen molar-refractivity contribution in [2.75, 3.05) is 73.6 Å². The van der Waals surface area contributed by atoms with Gasteiger partial charge in [-0.15, -0.1) is 0 Å². The molecular formula is C90H92N24O. The summed E-state index contributed by atoms with van der Waals surface area (Å²) in [6, 6.07) is 68.0. The van der Waals surface area contributed by atoms with Gasteiger partial charge in [0.25, 0.3) is 0 Å². The van der Waals surface area contributed by atoms with Crippen LogP contribution in [0, 0.1) is 0 Å². The van der Waals surface area contributed by atoms with Gasteiger partial charge in [0.2, 0.25) is 23.8 Å². The SMILES string of the molecule is OC1(c2ccccc2)CCN(c2nc(Nc3cc(C4CC4)[nH]n3)c3ccccc3n2)CC1.c1ccc2c(Nc3cc(C4CC4)[nH]n3)nc(N3CCCCCC3)nc2c1.c1ccc2c(c1)CCN(c1nc(Nc3cc(C4CC4)[nH]n3)c3ccccc3n1)C2.c1ccc2c(c1)CN(c1nc(Nc3cc(C4CC4)[nH]n3)c3ccccc3n1)C2. The minimum atomic E-state index is -0.802. The third-order valence-electron chi connectivity index (χ3n) is 23.4. The fourth-order valence-electron chi connectivity index (χ4n) is 16.2. The number of nitrogens with one attached hydrogen (secondary N) is 8. The zero-order valence-electron chi connectivity index (χ0n) is 64.2. The molecule has 0 unspecified atom stereocenters. The first kappa shape index (κ1) is 71.2. The van der Waals surface area contributed by atoms with E-state index >= 15 is 0 Å². The molecule has 0 spiro atoms. The van der Waals surface area contributed by atoms with Gasteiger partial charge >= 0.3 is 0 Å². The Morgan fingerprint density at radius 1 is 0.304 bits per heavy atom. The van der Waals surface area contributed by atoms with Crippen LogP contribution in [0.1, 0.15) is 164 Å². The second-order valence-electron chi connectivity index (χ2n) is 31.8. The second kappa shape index (κ2) is 31.2. The average Bonchev–Trinajstić information content (AvgIpc) is 1.75. The number of aromatic amines is 4. The van der Waals surface area contributed by atoms with Crippen molar-refractivity contribution in [2.45, 2.75) is 145 Å². The molecule has 0 amide bonds. The lowest BCUT2D eigenvalue weighted by molar-refractivity contribution is 0.0115. The summed E-state index contributed by atoms with van der Waals surface area (Å²) < 4.78 is 0. The van der Waals surface area contributed by atoms with E-state index in [4.69, 9.17) is 39.9 Å². The van der Waals surface area contributed by atoms with E-state index in [0.717, 1.165) is 159 Å². The summed E-state index contributed by atoms with van der Waals surface area (Å²) >= 11 is 0. The van der Waals surface area contributed by atoms with E-state index in [1.165, 1.54) is 122 Å². The highest BCUT2D eigenvalue weighted by Crippen LogP contribution is 2.44. The monoisotopic (exact) mass is 1520 g/mol. The Bertz CT molecular complexity index is 5940. The Hall–Kier alpha value is -12.9. The molecule has 0 radical (unpaired) electrons. The predicted molar refractivity (Wildman–Crippen MR) is 454 cm³/mol. The number of rotatable bonds is 17. The Balaban J connectivity index is 0.0000000994. The second-order valence-corrected chi connectivity index (χ2v) is 31.8. The van der Waals surface area contributed by atoms with Gasteiger partial charge in [0.15, 0.2) is 23.3 Å². The number of para-hydroxylation sites is 4. The quantitative estimate of drug-likeness (QED) is 0.0409. The number of benzene rings is 7. The maximum atomic E-state index is 11.2. The zero-order valence-corrected chi connectivity index (χ0v) is 64.2. The predicted octanol–water partition coefficient (Wildman–Crippen LogP) is 17.8. The molecule has 8 aliphatic rings. The highest BCUT2D eigenvalue weighted by Gasteiger charge is 2.36. The summed E-state index contributed by atoms with van der Waals surface area (Å²) in [6.45, 7) is 6.88. The standard InChI is InChI=1S/C25H26N6O.C23H22N6.C22H20N6.C20H24N6/c32-25(18-6-2-1-3-7-18)12-14-31(15-13-25)24-26-20-9-5-4-8-19(20)23(28-24)27-22-16-21(29-30-22)17-10-11-17;1-2-6-17-14-29(12-11-15(17)5-1)23-24-19-8-4-3-7-18(19)22(26-23)25-21-13-20(27-28-21)16-9-10-16;1-2-6-16-13-28(12-15(16)5-1)22-23-18-8-4-3-7-17(18)21(25-22)24-20-11-19(26-27-20)14-9-10-14;1-2-6-12-26(11-5-1)20-21-16-8-4-3-7-15(16)19(23-20)22-18-13-17(24-25-18)14-9-10-14/h1-9,16-17,32H,10-15H2,(H2,26,27,28,29,30);1-8,13,16H,9-12,14H2,(H2,24,25,26,27,28);1-8,11,14H,9-10,12-13H2,(H2,23,24,25,26,27);3-4,7-8,13-14H,1-2,5-6,9-12H2,(H2,21,22,23,24,25). The molecule has 7 aromatic carbocycles. The first-order valence-electron chi connectivity index (χ1n) is 41.0. The number of aromatic nitrogens is 16. The molecular weight excluding hydrogens is 1430 g/mol. The normalized spacial score (nSPS) is 17.0. The lowest BCUT2D eigenvalue weighted by atomic mass is 9.84. The topological polar surface area (TPSA) is 299 Å². The van der Waals surface area contributed by atoms with Gasteiger partial charge in [-0.05, 0) is 160 Å². The van der Waals surface area contributed by atoms with Gasteiger partial charge in [-0.25, -0.2) is 19.9 Å². The van der Waals surface area contributed by atoms with E-state index in [9.17, 15) is 5.11 Å². The molecule has 6 fully saturated rings. The third kappa shape index (κ3) is 16.0. The zero-order chi connectivity index (χ0) is 76.6. The lowest BCUT2D eigenvalue weighted by Crippen LogP contribution is -2.43. The molecule has 8 aromatic heterocycles. The Labute approximate surface area is 665 Å². The van der Waals surface area contributed by atoms with E-state index in [-0.39, 0.29) is 0 Å². The van der Waals surface area contributed by atoms with Gasteiger partial charge in [0.1, 0.15) is 23.3 Å². The third-order valence-corrected chi connectivity index (χ3v) is 23.4. The molecule has 25 heteroatoms. The van der Waals surface area contributed by atoms with Crippen molar-refractivity contribution in [1.82, 2.24) is 80.7 Å². The van der Waals surface area contributed by atoms with Crippen LogP contribution in [0.25, 0.3) is 43.6 Å². The van der Waals surface area contributed by atoms with Crippen molar-refractivity contribution in [3.05, 3.63) is 251 Å². The van der Waals surface area contributed by atoms with Crippen molar-refractivity contribution < 1.29 is 5.11 Å². The number of anilines is 12. The minimum absolute atomic E-state index is 0.618. The van der Waals surface area contributed by atoms with E-state index in [1.807, 2.05) is 103 Å². The first-order chi connectivity index (χ1) is 56.7. The van der Waals surface area contributed by atoms with Crippen molar-refractivity contribution in [2.24, 2.45) is 0 Å². The molecule has 578 valence electrons. The molecule has 12 heterocycles. The molecule has 115 heavy (non-hydrogen) atoms. The number of aliphatic hydroxyl groups is 1. The van der Waals surface area contributed by atoms with Crippen molar-refractivity contribution in [3.63, 3.8) is 0 Å².